The Balaban J connectivity index is 4.24. The van der Waals surface area contributed by atoms with Crippen LogP contribution in [0, 0.1) is 5.92 Å². The Kier molecular flexibility index (Phi) is 7.40. The van der Waals surface area contributed by atoms with Gasteiger partial charge in [0, 0.05) is 6.61 Å². The van der Waals surface area contributed by atoms with Crippen molar-refractivity contribution in [3.8, 4) is 0 Å². The molecule has 0 fully saturated rings. The summed E-state index contributed by atoms with van der Waals surface area (Å²) in [7, 11) is 0. The number of carbonyl (C=O) groups is 2. The Labute approximate surface area is 113 Å². The Morgan fingerprint density at radius 2 is 1.95 bits per heavy atom. The fourth-order valence-corrected chi connectivity index (χ4v) is 1.19. The van der Waals surface area contributed by atoms with E-state index in [0.717, 1.165) is 6.92 Å². The highest BCUT2D eigenvalue weighted by Gasteiger charge is 2.30. The number of carboxylic acid groups (broad SMARTS) is 1. The van der Waals surface area contributed by atoms with Crippen LogP contribution in [0.15, 0.2) is 0 Å². The minimum absolute atomic E-state index is 0.172. The van der Waals surface area contributed by atoms with Crippen molar-refractivity contribution in [3.05, 3.63) is 0 Å². The van der Waals surface area contributed by atoms with Crippen molar-refractivity contribution < 1.29 is 24.5 Å². The third-order valence-corrected chi connectivity index (χ3v) is 2.68. The van der Waals surface area contributed by atoms with Gasteiger partial charge in [0.1, 0.15) is 0 Å². The van der Waals surface area contributed by atoms with Crippen LogP contribution in [0.5, 0.6) is 0 Å². The van der Waals surface area contributed by atoms with Gasteiger partial charge < -0.3 is 25.6 Å². The number of carboxylic acids is 1. The highest BCUT2D eigenvalue weighted by Crippen LogP contribution is 2.03. The minimum atomic E-state index is -1.98. The summed E-state index contributed by atoms with van der Waals surface area (Å²) >= 11 is 0. The zero-order chi connectivity index (χ0) is 15.1. The number of ether oxygens (including phenoxy) is 1. The molecule has 7 heteroatoms. The Morgan fingerprint density at radius 3 is 2.37 bits per heavy atom. The predicted molar refractivity (Wildman–Crippen MR) is 69.9 cm³/mol. The Hall–Kier alpha value is -1.34. The van der Waals surface area contributed by atoms with E-state index in [-0.39, 0.29) is 18.5 Å². The second-order valence-corrected chi connectivity index (χ2v) is 4.92. The van der Waals surface area contributed by atoms with Gasteiger partial charge in [-0.2, -0.15) is 0 Å². The second-order valence-electron chi connectivity index (χ2n) is 4.92. The lowest BCUT2D eigenvalue weighted by Crippen LogP contribution is -2.52. The van der Waals surface area contributed by atoms with Crippen molar-refractivity contribution >= 4 is 12.0 Å². The quantitative estimate of drug-likeness (QED) is 0.506. The lowest BCUT2D eigenvalue weighted by atomic mass is 10.1. The van der Waals surface area contributed by atoms with Crippen LogP contribution in [0.1, 0.15) is 27.7 Å². The first-order valence-corrected chi connectivity index (χ1v) is 6.28. The van der Waals surface area contributed by atoms with E-state index in [4.69, 9.17) is 9.84 Å². The van der Waals surface area contributed by atoms with E-state index < -0.39 is 17.6 Å². The van der Waals surface area contributed by atoms with Crippen molar-refractivity contribution in [1.29, 1.82) is 0 Å². The van der Waals surface area contributed by atoms with Crippen LogP contribution in [-0.2, 0) is 9.53 Å². The molecule has 2 atom stereocenters. The van der Waals surface area contributed by atoms with Gasteiger partial charge in [0.15, 0.2) is 5.60 Å². The molecule has 2 unspecified atom stereocenters. The van der Waals surface area contributed by atoms with E-state index >= 15 is 0 Å². The van der Waals surface area contributed by atoms with Crippen LogP contribution in [0.4, 0.5) is 4.79 Å². The fourth-order valence-electron chi connectivity index (χ4n) is 1.19. The van der Waals surface area contributed by atoms with Gasteiger partial charge in [-0.3, -0.25) is 0 Å². The standard InChI is InChI=1S/C12H24N2O5/c1-5-19-6-9(8(2)3)14-11(17)13-7-12(4,18)10(15)16/h8-9,18H,5-7H2,1-4H3,(H,15,16)(H2,13,14,17). The molecule has 0 saturated carbocycles. The molecule has 4 N–H and O–H groups in total. The van der Waals surface area contributed by atoms with Crippen LogP contribution in [-0.4, -0.2) is 53.6 Å². The van der Waals surface area contributed by atoms with E-state index in [1.807, 2.05) is 20.8 Å². The first kappa shape index (κ1) is 17.7. The maximum Gasteiger partial charge on any atom is 0.337 e. The first-order valence-electron chi connectivity index (χ1n) is 6.28. The summed E-state index contributed by atoms with van der Waals surface area (Å²) in [6.45, 7) is 7.44. The number of amides is 2. The summed E-state index contributed by atoms with van der Waals surface area (Å²) in [5, 5.41) is 23.2. The SMILES string of the molecule is CCOCC(NC(=O)NCC(C)(O)C(=O)O)C(C)C. The second kappa shape index (κ2) is 7.96. The van der Waals surface area contributed by atoms with Crippen molar-refractivity contribution in [2.75, 3.05) is 19.8 Å². The summed E-state index contributed by atoms with van der Waals surface area (Å²) in [5.41, 5.74) is -1.98. The molecule has 0 aromatic rings. The number of hydrogen-bond acceptors (Lipinski definition) is 4. The number of nitrogens with one attached hydrogen (secondary N) is 2. The van der Waals surface area contributed by atoms with Crippen molar-refractivity contribution in [2.24, 2.45) is 5.92 Å². The lowest BCUT2D eigenvalue weighted by molar-refractivity contribution is -0.155. The first-order chi connectivity index (χ1) is 8.70. The number of rotatable bonds is 8. The number of aliphatic carboxylic acids is 1. The number of urea groups is 1. The van der Waals surface area contributed by atoms with Crippen LogP contribution in [0.25, 0.3) is 0 Å². The molecule has 0 radical (unpaired) electrons. The van der Waals surface area contributed by atoms with Crippen LogP contribution >= 0.6 is 0 Å². The molecule has 0 aliphatic heterocycles. The molecule has 0 saturated heterocycles. The molecule has 0 aliphatic rings. The van der Waals surface area contributed by atoms with Gasteiger partial charge in [-0.15, -0.1) is 0 Å². The average Bonchev–Trinajstić information content (AvgIpc) is 2.31. The van der Waals surface area contributed by atoms with Crippen LogP contribution < -0.4 is 10.6 Å². The molecule has 0 rings (SSSR count). The lowest BCUT2D eigenvalue weighted by Gasteiger charge is -2.24. The molecular formula is C12H24N2O5. The van der Waals surface area contributed by atoms with E-state index in [2.05, 4.69) is 10.6 Å². The highest BCUT2D eigenvalue weighted by atomic mass is 16.5. The smallest absolute Gasteiger partial charge is 0.337 e. The summed E-state index contributed by atoms with van der Waals surface area (Å²) in [6.07, 6.45) is 0. The number of hydrogen-bond donors (Lipinski definition) is 4. The van der Waals surface area contributed by atoms with Crippen LogP contribution in [0.2, 0.25) is 0 Å². The van der Waals surface area contributed by atoms with Gasteiger partial charge >= 0.3 is 12.0 Å². The zero-order valence-electron chi connectivity index (χ0n) is 11.9. The third kappa shape index (κ3) is 6.97. The van der Waals surface area contributed by atoms with Gasteiger partial charge in [-0.1, -0.05) is 13.8 Å². The van der Waals surface area contributed by atoms with Gasteiger partial charge in [-0.05, 0) is 19.8 Å². The molecule has 0 spiro atoms. The summed E-state index contributed by atoms with van der Waals surface area (Å²) < 4.78 is 5.26. The van der Waals surface area contributed by atoms with Crippen molar-refractivity contribution in [3.63, 3.8) is 0 Å². The molecule has 0 aromatic heterocycles. The summed E-state index contributed by atoms with van der Waals surface area (Å²) in [6, 6.07) is -0.699. The molecular weight excluding hydrogens is 252 g/mol. The highest BCUT2D eigenvalue weighted by molar-refractivity contribution is 5.79. The third-order valence-electron chi connectivity index (χ3n) is 2.68. The van der Waals surface area contributed by atoms with Gasteiger partial charge in [0.05, 0.1) is 19.2 Å². The molecule has 0 bridgehead atoms. The summed E-state index contributed by atoms with van der Waals surface area (Å²) in [4.78, 5) is 22.3. The van der Waals surface area contributed by atoms with Crippen molar-refractivity contribution in [2.45, 2.75) is 39.3 Å². The normalized spacial score (nSPS) is 15.7. The van der Waals surface area contributed by atoms with E-state index in [1.165, 1.54) is 0 Å². The number of aliphatic hydroxyl groups is 1. The Bertz CT molecular complexity index is 304. The van der Waals surface area contributed by atoms with E-state index in [9.17, 15) is 14.7 Å². The molecule has 0 aromatic carbocycles. The molecule has 112 valence electrons. The number of carbonyl (C=O) groups excluding carboxylic acids is 1. The minimum Gasteiger partial charge on any atom is -0.479 e. The van der Waals surface area contributed by atoms with Crippen LogP contribution in [0.3, 0.4) is 0 Å². The van der Waals surface area contributed by atoms with Gasteiger partial charge in [0.2, 0.25) is 0 Å². The topological polar surface area (TPSA) is 108 Å². The largest absolute Gasteiger partial charge is 0.479 e. The van der Waals surface area contributed by atoms with Gasteiger partial charge in [-0.25, -0.2) is 9.59 Å². The van der Waals surface area contributed by atoms with E-state index in [1.54, 1.807) is 0 Å². The molecule has 7 nitrogen and oxygen atoms in total. The zero-order valence-corrected chi connectivity index (χ0v) is 11.9. The molecule has 2 amide bonds. The van der Waals surface area contributed by atoms with E-state index in [0.29, 0.717) is 13.2 Å². The van der Waals surface area contributed by atoms with Gasteiger partial charge in [0.25, 0.3) is 0 Å². The maximum absolute atomic E-state index is 11.6. The predicted octanol–water partition coefficient (Wildman–Crippen LogP) is 0.182. The molecule has 0 aliphatic carbocycles. The van der Waals surface area contributed by atoms with Crippen molar-refractivity contribution in [1.82, 2.24) is 10.6 Å². The molecule has 0 heterocycles. The average molecular weight is 276 g/mol. The summed E-state index contributed by atoms with van der Waals surface area (Å²) in [5.74, 6) is -1.21. The Morgan fingerprint density at radius 1 is 1.37 bits per heavy atom. The maximum atomic E-state index is 11.6. The monoisotopic (exact) mass is 276 g/mol. The fraction of sp³-hybridized carbons (Fsp3) is 0.833. The molecule has 19 heavy (non-hydrogen) atoms.